The van der Waals surface area contributed by atoms with Gasteiger partial charge in [0.25, 0.3) is 0 Å². The van der Waals surface area contributed by atoms with Crippen LogP contribution < -0.4 is 0 Å². The molecule has 0 saturated heterocycles. The van der Waals surface area contributed by atoms with Gasteiger partial charge in [0.1, 0.15) is 0 Å². The van der Waals surface area contributed by atoms with Crippen molar-refractivity contribution in [2.45, 2.75) is 26.2 Å². The Balaban J connectivity index is 3.39. The summed E-state index contributed by atoms with van der Waals surface area (Å²) in [5.74, 6) is 1.51. The molecule has 0 atom stereocenters. The Labute approximate surface area is 58.3 Å². The highest BCUT2D eigenvalue weighted by Gasteiger charge is 1.99. The maximum atomic E-state index is 3.68. The Morgan fingerprint density at radius 2 is 1.67 bits per heavy atom. The van der Waals surface area contributed by atoms with E-state index in [2.05, 4.69) is 20.1 Å². The second-order valence-electron chi connectivity index (χ2n) is 2.09. The topological polar surface area (TPSA) is 0 Å². The zero-order valence-corrected chi connectivity index (χ0v) is 6.19. The van der Waals surface area contributed by atoms with Gasteiger partial charge in [0, 0.05) is 0 Å². The molecule has 0 nitrogen and oxygen atoms in total. The molecule has 0 fully saturated rings. The third kappa shape index (κ3) is 4.01. The van der Waals surface area contributed by atoms with Gasteiger partial charge >= 0.3 is 0 Å². The van der Waals surface area contributed by atoms with Crippen molar-refractivity contribution in [2.75, 3.05) is 0 Å². The number of hydrogen-bond donors (Lipinski definition) is 0. The molecular weight excluding hydrogens is 108 g/mol. The van der Waals surface area contributed by atoms with Crippen molar-refractivity contribution in [1.82, 2.24) is 0 Å². The summed E-state index contributed by atoms with van der Waals surface area (Å²) in [6, 6.07) is 0. The summed E-state index contributed by atoms with van der Waals surface area (Å²) in [6.07, 6.45) is 7.13. The fraction of sp³-hybridized carbons (Fsp3) is 0.444. The van der Waals surface area contributed by atoms with Gasteiger partial charge in [-0.05, 0) is 25.2 Å². The number of allylic oxidation sites excluding steroid dienone is 2. The van der Waals surface area contributed by atoms with Crippen molar-refractivity contribution in [3.8, 4) is 0 Å². The van der Waals surface area contributed by atoms with Crippen LogP contribution in [0, 0.1) is 5.92 Å². The van der Waals surface area contributed by atoms with Crippen LogP contribution in [0.3, 0.4) is 0 Å². The maximum Gasteiger partial charge on any atom is -0.0169 e. The van der Waals surface area contributed by atoms with Gasteiger partial charge in [-0.2, -0.15) is 0 Å². The molecule has 0 aromatic rings. The highest BCUT2D eigenvalue weighted by Crippen LogP contribution is 2.15. The van der Waals surface area contributed by atoms with Crippen LogP contribution in [-0.4, -0.2) is 0 Å². The van der Waals surface area contributed by atoms with Gasteiger partial charge in [-0.3, -0.25) is 0 Å². The molecule has 9 heavy (non-hydrogen) atoms. The summed E-state index contributed by atoms with van der Waals surface area (Å²) >= 11 is 0. The van der Waals surface area contributed by atoms with Gasteiger partial charge in [0.05, 0.1) is 0 Å². The Morgan fingerprint density at radius 3 is 1.89 bits per heavy atom. The van der Waals surface area contributed by atoms with E-state index in [0.29, 0.717) is 0 Å². The van der Waals surface area contributed by atoms with E-state index < -0.39 is 0 Å². The Hall–Kier alpha value is -0.520. The van der Waals surface area contributed by atoms with Crippen molar-refractivity contribution in [3.63, 3.8) is 0 Å². The quantitative estimate of drug-likeness (QED) is 0.493. The first-order valence-electron chi connectivity index (χ1n) is 3.40. The van der Waals surface area contributed by atoms with E-state index in [4.69, 9.17) is 0 Å². The first-order valence-corrected chi connectivity index (χ1v) is 3.40. The largest absolute Gasteiger partial charge is 0.103 e. The molecule has 0 amide bonds. The summed E-state index contributed by atoms with van der Waals surface area (Å²) in [6.45, 7) is 9.52. The standard InChI is InChI=1S/C9H15/c1-4-7-9(6-3)8-5-2/h4-5H,1-2,6-8H2,3H3. The molecule has 0 heterocycles. The van der Waals surface area contributed by atoms with E-state index in [9.17, 15) is 0 Å². The van der Waals surface area contributed by atoms with Gasteiger partial charge in [-0.1, -0.05) is 19.1 Å². The molecule has 0 N–H and O–H groups in total. The Bertz CT molecular complexity index is 72.0. The van der Waals surface area contributed by atoms with Crippen LogP contribution in [0.5, 0.6) is 0 Å². The van der Waals surface area contributed by atoms with Crippen LogP contribution in [0.15, 0.2) is 25.3 Å². The predicted octanol–water partition coefficient (Wildman–Crippen LogP) is 3.12. The Kier molecular flexibility index (Phi) is 5.29. The molecule has 0 aromatic carbocycles. The lowest BCUT2D eigenvalue weighted by Gasteiger charge is -2.06. The SMILES string of the molecule is C=CC[C](CC)CC=C. The molecule has 51 valence electrons. The van der Waals surface area contributed by atoms with Gasteiger partial charge < -0.3 is 0 Å². The summed E-state index contributed by atoms with van der Waals surface area (Å²) in [4.78, 5) is 0. The van der Waals surface area contributed by atoms with Crippen LogP contribution in [-0.2, 0) is 0 Å². The molecule has 0 unspecified atom stereocenters. The number of rotatable bonds is 5. The lowest BCUT2D eigenvalue weighted by atomic mass is 9.99. The molecule has 0 rings (SSSR count). The smallest absolute Gasteiger partial charge is 0.0169 e. The van der Waals surface area contributed by atoms with E-state index in [1.54, 1.807) is 0 Å². The van der Waals surface area contributed by atoms with Crippen molar-refractivity contribution in [3.05, 3.63) is 31.2 Å². The third-order valence-corrected chi connectivity index (χ3v) is 1.37. The highest BCUT2D eigenvalue weighted by atomic mass is 14.0. The normalized spacial score (nSPS) is 9.56. The lowest BCUT2D eigenvalue weighted by Crippen LogP contribution is -1.90. The lowest BCUT2D eigenvalue weighted by molar-refractivity contribution is 0.806. The average Bonchev–Trinajstić information content (AvgIpc) is 1.88. The molecule has 0 aliphatic carbocycles. The second-order valence-corrected chi connectivity index (χ2v) is 2.09. The monoisotopic (exact) mass is 123 g/mol. The highest BCUT2D eigenvalue weighted by molar-refractivity contribution is 4.99. The van der Waals surface area contributed by atoms with Gasteiger partial charge in [-0.15, -0.1) is 13.2 Å². The van der Waals surface area contributed by atoms with E-state index in [-0.39, 0.29) is 0 Å². The summed E-state index contributed by atoms with van der Waals surface area (Å²) in [5, 5.41) is 0. The minimum absolute atomic E-state index is 1.04. The molecule has 0 aromatic heterocycles. The van der Waals surface area contributed by atoms with Crippen molar-refractivity contribution in [1.29, 1.82) is 0 Å². The minimum atomic E-state index is 1.04. The second kappa shape index (κ2) is 5.61. The first-order chi connectivity index (χ1) is 4.35. The zero-order valence-electron chi connectivity index (χ0n) is 6.19. The van der Waals surface area contributed by atoms with Crippen molar-refractivity contribution >= 4 is 0 Å². The molecule has 1 radical (unpaired) electrons. The molecule has 0 heteroatoms. The fourth-order valence-corrected chi connectivity index (χ4v) is 0.780. The molecule has 0 bridgehead atoms. The minimum Gasteiger partial charge on any atom is -0.103 e. The molecule has 0 spiro atoms. The van der Waals surface area contributed by atoms with E-state index in [1.165, 1.54) is 5.92 Å². The fourth-order valence-electron chi connectivity index (χ4n) is 0.780. The van der Waals surface area contributed by atoms with Gasteiger partial charge in [-0.25, -0.2) is 0 Å². The van der Waals surface area contributed by atoms with Crippen LogP contribution in [0.2, 0.25) is 0 Å². The summed E-state index contributed by atoms with van der Waals surface area (Å²) < 4.78 is 0. The van der Waals surface area contributed by atoms with Crippen LogP contribution in [0.1, 0.15) is 26.2 Å². The number of hydrogen-bond acceptors (Lipinski definition) is 0. The van der Waals surface area contributed by atoms with Crippen LogP contribution in [0.4, 0.5) is 0 Å². The summed E-state index contributed by atoms with van der Waals surface area (Å²) in [5.41, 5.74) is 0. The average molecular weight is 123 g/mol. The third-order valence-electron chi connectivity index (χ3n) is 1.37. The maximum absolute atomic E-state index is 3.68. The molecule has 0 aliphatic rings. The first kappa shape index (κ1) is 8.48. The van der Waals surface area contributed by atoms with Crippen LogP contribution >= 0.6 is 0 Å². The van der Waals surface area contributed by atoms with E-state index in [1.807, 2.05) is 12.2 Å². The zero-order chi connectivity index (χ0) is 7.11. The van der Waals surface area contributed by atoms with Crippen molar-refractivity contribution in [2.24, 2.45) is 0 Å². The van der Waals surface area contributed by atoms with Crippen LogP contribution in [0.25, 0.3) is 0 Å². The van der Waals surface area contributed by atoms with E-state index in [0.717, 1.165) is 19.3 Å². The Morgan fingerprint density at radius 1 is 1.22 bits per heavy atom. The molecule has 0 saturated carbocycles. The predicted molar refractivity (Wildman–Crippen MR) is 43.2 cm³/mol. The van der Waals surface area contributed by atoms with Crippen molar-refractivity contribution < 1.29 is 0 Å². The van der Waals surface area contributed by atoms with E-state index >= 15 is 0 Å². The summed E-state index contributed by atoms with van der Waals surface area (Å²) in [7, 11) is 0. The van der Waals surface area contributed by atoms with Gasteiger partial charge in [0.15, 0.2) is 0 Å². The molecule has 0 aliphatic heterocycles. The molecular formula is C9H15. The van der Waals surface area contributed by atoms with Gasteiger partial charge in [0.2, 0.25) is 0 Å².